The lowest BCUT2D eigenvalue weighted by Gasteiger charge is -2.55. The number of nitrogens with zero attached hydrogens (tertiary/aromatic N) is 4. The molecule has 0 atom stereocenters. The molecule has 3 heterocycles. The Morgan fingerprint density at radius 3 is 2.47 bits per heavy atom. The predicted octanol–water partition coefficient (Wildman–Crippen LogP) is 4.27. The molecule has 32 heavy (non-hydrogen) atoms. The Morgan fingerprint density at radius 2 is 1.88 bits per heavy atom. The van der Waals surface area contributed by atoms with Crippen LogP contribution in [0.2, 0.25) is 0 Å². The van der Waals surface area contributed by atoms with Crippen LogP contribution in [-0.4, -0.2) is 47.4 Å². The molecule has 0 N–H and O–H groups in total. The van der Waals surface area contributed by atoms with Gasteiger partial charge >= 0.3 is 12.5 Å². The highest BCUT2D eigenvalue weighted by atomic mass is 19.3. The second-order valence-corrected chi connectivity index (χ2v) is 8.11. The number of rotatable bonds is 5. The van der Waals surface area contributed by atoms with Crippen LogP contribution in [0, 0.1) is 11.2 Å². The van der Waals surface area contributed by atoms with E-state index in [0.717, 1.165) is 6.07 Å². The van der Waals surface area contributed by atoms with Gasteiger partial charge in [0.2, 0.25) is 5.89 Å². The van der Waals surface area contributed by atoms with Crippen molar-refractivity contribution >= 4 is 11.7 Å². The topological polar surface area (TPSA) is 71.7 Å². The molecule has 2 aromatic carbocycles. The standard InChI is InChI=1S/C22H19F3N4O3/c23-17-8-14(19-26-27-20(32-19)18(24)25)6-7-15(17)9-29(16-4-2-1-3-5-16)21(30)28-10-22(11-28)12-31-13-22/h1-8,18H,9-13H2. The number of anilines is 1. The Hall–Kier alpha value is -3.40. The summed E-state index contributed by atoms with van der Waals surface area (Å²) in [6.45, 7) is 2.53. The number of aromatic nitrogens is 2. The lowest BCUT2D eigenvalue weighted by molar-refractivity contribution is -0.174. The van der Waals surface area contributed by atoms with Gasteiger partial charge in [-0.1, -0.05) is 24.3 Å². The number of carbonyl (C=O) groups excluding carboxylic acids is 1. The van der Waals surface area contributed by atoms with E-state index in [2.05, 4.69) is 10.2 Å². The minimum Gasteiger partial charge on any atom is -0.415 e. The third-order valence-electron chi connectivity index (χ3n) is 5.69. The average molecular weight is 444 g/mol. The van der Waals surface area contributed by atoms with Crippen molar-refractivity contribution in [2.45, 2.75) is 13.0 Å². The van der Waals surface area contributed by atoms with E-state index in [1.807, 2.05) is 18.2 Å². The van der Waals surface area contributed by atoms with Crippen LogP contribution in [0.15, 0.2) is 52.9 Å². The summed E-state index contributed by atoms with van der Waals surface area (Å²) in [6, 6.07) is 12.9. The van der Waals surface area contributed by atoms with Crippen molar-refractivity contribution in [3.05, 3.63) is 65.8 Å². The Labute approximate surface area is 181 Å². The highest BCUT2D eigenvalue weighted by molar-refractivity contribution is 5.92. The maximum atomic E-state index is 14.9. The van der Waals surface area contributed by atoms with Crippen LogP contribution in [-0.2, 0) is 11.3 Å². The summed E-state index contributed by atoms with van der Waals surface area (Å²) in [6.07, 6.45) is -2.90. The average Bonchev–Trinajstić information content (AvgIpc) is 3.22. The highest BCUT2D eigenvalue weighted by Gasteiger charge is 2.51. The largest absolute Gasteiger partial charge is 0.415 e. The van der Waals surface area contributed by atoms with Gasteiger partial charge in [-0.3, -0.25) is 4.90 Å². The van der Waals surface area contributed by atoms with Gasteiger partial charge in [-0.15, -0.1) is 10.2 Å². The first-order valence-electron chi connectivity index (χ1n) is 10.0. The molecule has 5 rings (SSSR count). The molecule has 2 aliphatic rings. The molecule has 166 valence electrons. The Morgan fingerprint density at radius 1 is 1.12 bits per heavy atom. The van der Waals surface area contributed by atoms with E-state index in [4.69, 9.17) is 9.15 Å². The lowest BCUT2D eigenvalue weighted by atomic mass is 9.78. The number of likely N-dealkylation sites (tertiary alicyclic amines) is 1. The molecule has 7 nitrogen and oxygen atoms in total. The van der Waals surface area contributed by atoms with Gasteiger partial charge in [0.1, 0.15) is 5.82 Å². The maximum Gasteiger partial charge on any atom is 0.324 e. The second-order valence-electron chi connectivity index (χ2n) is 8.11. The van der Waals surface area contributed by atoms with Gasteiger partial charge in [0.05, 0.1) is 25.2 Å². The molecule has 0 unspecified atom stereocenters. The van der Waals surface area contributed by atoms with Crippen molar-refractivity contribution in [2.75, 3.05) is 31.2 Å². The van der Waals surface area contributed by atoms with E-state index in [0.29, 0.717) is 32.0 Å². The minimum absolute atomic E-state index is 0.00107. The van der Waals surface area contributed by atoms with Gasteiger partial charge in [0.25, 0.3) is 5.89 Å². The first-order chi connectivity index (χ1) is 15.4. The van der Waals surface area contributed by atoms with Crippen LogP contribution < -0.4 is 4.90 Å². The Kier molecular flexibility index (Phi) is 5.09. The molecular formula is C22H19F3N4O3. The molecule has 0 saturated carbocycles. The van der Waals surface area contributed by atoms with Crippen molar-refractivity contribution < 1.29 is 27.1 Å². The van der Waals surface area contributed by atoms with E-state index in [1.54, 1.807) is 17.0 Å². The molecule has 10 heteroatoms. The van der Waals surface area contributed by atoms with Crippen LogP contribution in [0.1, 0.15) is 17.9 Å². The zero-order valence-corrected chi connectivity index (χ0v) is 16.9. The molecule has 0 bridgehead atoms. The van der Waals surface area contributed by atoms with Crippen molar-refractivity contribution in [2.24, 2.45) is 5.41 Å². The summed E-state index contributed by atoms with van der Waals surface area (Å²) in [4.78, 5) is 16.5. The van der Waals surface area contributed by atoms with Gasteiger partial charge in [-0.05, 0) is 24.3 Å². The van der Waals surface area contributed by atoms with Gasteiger partial charge in [0.15, 0.2) is 0 Å². The number of amides is 2. The number of hydrogen-bond acceptors (Lipinski definition) is 5. The third kappa shape index (κ3) is 3.70. The maximum absolute atomic E-state index is 14.9. The zero-order valence-electron chi connectivity index (χ0n) is 16.9. The van der Waals surface area contributed by atoms with E-state index >= 15 is 0 Å². The van der Waals surface area contributed by atoms with Crippen LogP contribution in [0.25, 0.3) is 11.5 Å². The van der Waals surface area contributed by atoms with E-state index < -0.39 is 18.1 Å². The van der Waals surface area contributed by atoms with E-state index in [1.165, 1.54) is 17.0 Å². The molecule has 3 aromatic rings. The summed E-state index contributed by atoms with van der Waals surface area (Å²) in [5.74, 6) is -1.63. The van der Waals surface area contributed by atoms with Gasteiger partial charge < -0.3 is 14.1 Å². The summed E-state index contributed by atoms with van der Waals surface area (Å²) in [5.41, 5.74) is 1.15. The SMILES string of the molecule is O=C(N1CC2(COC2)C1)N(Cc1ccc(-c2nnc(C(F)F)o2)cc1F)c1ccccc1. The molecule has 2 saturated heterocycles. The summed E-state index contributed by atoms with van der Waals surface area (Å²) in [7, 11) is 0. The van der Waals surface area contributed by atoms with Gasteiger partial charge in [-0.25, -0.2) is 9.18 Å². The lowest BCUT2D eigenvalue weighted by Crippen LogP contribution is -2.68. The van der Waals surface area contributed by atoms with Crippen molar-refractivity contribution in [3.63, 3.8) is 0 Å². The fourth-order valence-electron chi connectivity index (χ4n) is 3.94. The zero-order chi connectivity index (χ0) is 22.3. The summed E-state index contributed by atoms with van der Waals surface area (Å²) in [5, 5.41) is 6.80. The smallest absolute Gasteiger partial charge is 0.324 e. The number of para-hydroxylation sites is 1. The third-order valence-corrected chi connectivity index (χ3v) is 5.69. The molecule has 2 aliphatic heterocycles. The monoisotopic (exact) mass is 444 g/mol. The molecular weight excluding hydrogens is 425 g/mol. The fraction of sp³-hybridized carbons (Fsp3) is 0.318. The predicted molar refractivity (Wildman–Crippen MR) is 107 cm³/mol. The number of carbonyl (C=O) groups is 1. The van der Waals surface area contributed by atoms with Crippen LogP contribution >= 0.6 is 0 Å². The molecule has 0 radical (unpaired) electrons. The molecule has 1 spiro atoms. The van der Waals surface area contributed by atoms with Gasteiger partial charge in [0, 0.05) is 29.9 Å². The Balaban J connectivity index is 1.37. The Bertz CT molecular complexity index is 1130. The molecule has 2 amide bonds. The number of hydrogen-bond donors (Lipinski definition) is 0. The van der Waals surface area contributed by atoms with E-state index in [-0.39, 0.29) is 35.0 Å². The number of urea groups is 1. The molecule has 0 aliphatic carbocycles. The van der Waals surface area contributed by atoms with Crippen LogP contribution in [0.3, 0.4) is 0 Å². The normalized spacial score (nSPS) is 16.7. The number of benzene rings is 2. The quantitative estimate of drug-likeness (QED) is 0.588. The van der Waals surface area contributed by atoms with Crippen LogP contribution in [0.4, 0.5) is 23.7 Å². The van der Waals surface area contributed by atoms with Crippen molar-refractivity contribution in [1.29, 1.82) is 0 Å². The molecule has 2 fully saturated rings. The number of ether oxygens (including phenoxy) is 1. The van der Waals surface area contributed by atoms with Crippen molar-refractivity contribution in [3.8, 4) is 11.5 Å². The summed E-state index contributed by atoms with van der Waals surface area (Å²) >= 11 is 0. The number of alkyl halides is 2. The first-order valence-corrected chi connectivity index (χ1v) is 10.0. The first kappa shape index (κ1) is 20.5. The summed E-state index contributed by atoms with van der Waals surface area (Å²) < 4.78 is 50.4. The second kappa shape index (κ2) is 7.94. The highest BCUT2D eigenvalue weighted by Crippen LogP contribution is 2.38. The van der Waals surface area contributed by atoms with Crippen LogP contribution in [0.5, 0.6) is 0 Å². The van der Waals surface area contributed by atoms with Crippen molar-refractivity contribution in [1.82, 2.24) is 15.1 Å². The minimum atomic E-state index is -2.90. The fourth-order valence-corrected chi connectivity index (χ4v) is 3.94. The molecule has 1 aromatic heterocycles. The van der Waals surface area contributed by atoms with E-state index in [9.17, 15) is 18.0 Å². The van der Waals surface area contributed by atoms with Gasteiger partial charge in [-0.2, -0.15) is 8.78 Å². The number of halogens is 3.